The van der Waals surface area contributed by atoms with Crippen molar-refractivity contribution in [2.45, 2.75) is 6.54 Å². The molecule has 1 N–H and O–H groups in total. The molecule has 3 rings (SSSR count). The molecule has 0 aliphatic heterocycles. The average Bonchev–Trinajstić information content (AvgIpc) is 2.99. The van der Waals surface area contributed by atoms with E-state index in [1.54, 1.807) is 0 Å². The van der Waals surface area contributed by atoms with Gasteiger partial charge in [-0.2, -0.15) is 0 Å². The number of imidazole rings is 1. The molecule has 0 radical (unpaired) electrons. The third kappa shape index (κ3) is 3.34. The maximum atomic E-state index is 4.46. The smallest absolute Gasteiger partial charge is 0.139 e. The Bertz CT molecular complexity index is 707. The van der Waals surface area contributed by atoms with E-state index in [0.717, 1.165) is 34.6 Å². The number of nitrogens with one attached hydrogen (secondary N) is 1. The molecule has 0 aliphatic rings. The van der Waals surface area contributed by atoms with E-state index in [1.165, 1.54) is 0 Å². The lowest BCUT2D eigenvalue weighted by Crippen LogP contribution is -2.11. The highest BCUT2D eigenvalue weighted by atomic mass is 79.9. The Morgan fingerprint density at radius 3 is 2.57 bits per heavy atom. The minimum absolute atomic E-state index is 0.846. The van der Waals surface area contributed by atoms with Gasteiger partial charge in [-0.15, -0.1) is 0 Å². The molecule has 0 unspecified atom stereocenters. The topological polar surface area (TPSA) is 29.9 Å². The molecule has 0 amide bonds. The molecule has 0 bridgehead atoms. The van der Waals surface area contributed by atoms with Gasteiger partial charge in [-0.05, 0) is 28.1 Å². The first-order chi connectivity index (χ1) is 10.3. The Labute approximate surface area is 132 Å². The van der Waals surface area contributed by atoms with Crippen molar-refractivity contribution in [3.05, 3.63) is 71.5 Å². The quantitative estimate of drug-likeness (QED) is 0.744. The fourth-order valence-corrected chi connectivity index (χ4v) is 2.68. The first-order valence-corrected chi connectivity index (χ1v) is 7.69. The summed E-state index contributed by atoms with van der Waals surface area (Å²) in [4.78, 5) is 4.46. The summed E-state index contributed by atoms with van der Waals surface area (Å²) in [6.45, 7) is 1.71. The van der Waals surface area contributed by atoms with Gasteiger partial charge in [0.2, 0.25) is 0 Å². The zero-order valence-electron chi connectivity index (χ0n) is 11.5. The van der Waals surface area contributed by atoms with Gasteiger partial charge in [-0.1, -0.05) is 42.5 Å². The summed E-state index contributed by atoms with van der Waals surface area (Å²) in [5, 5.41) is 3.43. The molecule has 2 aromatic carbocycles. The second-order valence-electron chi connectivity index (χ2n) is 4.72. The number of rotatable bonds is 5. The third-order valence-electron chi connectivity index (χ3n) is 3.29. The number of benzene rings is 2. The first-order valence-electron chi connectivity index (χ1n) is 6.89. The molecule has 3 aromatic rings. The fraction of sp³-hybridized carbons (Fsp3) is 0.118. The Morgan fingerprint density at radius 2 is 1.76 bits per heavy atom. The predicted octanol–water partition coefficient (Wildman–Crippen LogP) is 4.42. The Balaban J connectivity index is 1.67. The average molecular weight is 342 g/mol. The molecular formula is C17H16BrN3. The molecule has 0 spiro atoms. The summed E-state index contributed by atoms with van der Waals surface area (Å²) >= 11 is 3.54. The number of halogens is 1. The highest BCUT2D eigenvalue weighted by molar-refractivity contribution is 9.10. The molecule has 0 saturated carbocycles. The van der Waals surface area contributed by atoms with Crippen LogP contribution in [0.3, 0.4) is 0 Å². The van der Waals surface area contributed by atoms with Gasteiger partial charge in [0.1, 0.15) is 5.82 Å². The van der Waals surface area contributed by atoms with Gasteiger partial charge >= 0.3 is 0 Å². The second-order valence-corrected chi connectivity index (χ2v) is 5.57. The van der Waals surface area contributed by atoms with Crippen LogP contribution in [0, 0.1) is 0 Å². The number of aromatic nitrogens is 2. The van der Waals surface area contributed by atoms with Crippen LogP contribution in [0.25, 0.3) is 11.4 Å². The van der Waals surface area contributed by atoms with Crippen LogP contribution in [-0.2, 0) is 6.54 Å². The summed E-state index contributed by atoms with van der Waals surface area (Å²) in [5.74, 6) is 1.00. The van der Waals surface area contributed by atoms with E-state index < -0.39 is 0 Å². The largest absolute Gasteiger partial charge is 0.382 e. The summed E-state index contributed by atoms with van der Waals surface area (Å²) in [5.41, 5.74) is 2.25. The van der Waals surface area contributed by atoms with Crippen molar-refractivity contribution in [3.8, 4) is 11.4 Å². The summed E-state index contributed by atoms with van der Waals surface area (Å²) in [6, 6.07) is 18.4. The normalized spacial score (nSPS) is 10.5. The standard InChI is InChI=1S/C17H16BrN3/c18-15-8-4-5-9-16(15)19-10-12-21-13-11-20-17(21)14-6-2-1-3-7-14/h1-9,11,13,19H,10,12H2. The monoisotopic (exact) mass is 341 g/mol. The summed E-state index contributed by atoms with van der Waals surface area (Å²) < 4.78 is 3.25. The number of para-hydroxylation sites is 1. The highest BCUT2D eigenvalue weighted by Gasteiger charge is 2.05. The van der Waals surface area contributed by atoms with Crippen LogP contribution >= 0.6 is 15.9 Å². The van der Waals surface area contributed by atoms with Crippen LogP contribution < -0.4 is 5.32 Å². The minimum atomic E-state index is 0.846. The van der Waals surface area contributed by atoms with Gasteiger partial charge in [-0.3, -0.25) is 0 Å². The number of anilines is 1. The van der Waals surface area contributed by atoms with Gasteiger partial charge in [0.15, 0.2) is 0 Å². The zero-order valence-corrected chi connectivity index (χ0v) is 13.1. The Morgan fingerprint density at radius 1 is 1.00 bits per heavy atom. The van der Waals surface area contributed by atoms with Crippen LogP contribution in [0.4, 0.5) is 5.69 Å². The Kier molecular flexibility index (Phi) is 4.36. The third-order valence-corrected chi connectivity index (χ3v) is 3.98. The molecule has 4 heteroatoms. The van der Waals surface area contributed by atoms with Gasteiger partial charge in [-0.25, -0.2) is 4.98 Å². The number of hydrogen-bond donors (Lipinski definition) is 1. The lowest BCUT2D eigenvalue weighted by Gasteiger charge is -2.11. The summed E-state index contributed by atoms with van der Waals surface area (Å²) in [7, 11) is 0. The van der Waals surface area contributed by atoms with Crippen molar-refractivity contribution in [1.82, 2.24) is 9.55 Å². The molecule has 0 aliphatic carbocycles. The molecule has 106 valence electrons. The van der Waals surface area contributed by atoms with Crippen molar-refractivity contribution >= 4 is 21.6 Å². The van der Waals surface area contributed by atoms with Crippen LogP contribution in [0.15, 0.2) is 71.5 Å². The number of nitrogens with zero attached hydrogens (tertiary/aromatic N) is 2. The van der Waals surface area contributed by atoms with E-state index in [-0.39, 0.29) is 0 Å². The Hall–Kier alpha value is -2.07. The van der Waals surface area contributed by atoms with Crippen LogP contribution in [0.5, 0.6) is 0 Å². The van der Waals surface area contributed by atoms with Gasteiger partial charge in [0.25, 0.3) is 0 Å². The van der Waals surface area contributed by atoms with Crippen molar-refractivity contribution in [2.24, 2.45) is 0 Å². The first kappa shape index (κ1) is 13.9. The maximum absolute atomic E-state index is 4.46. The van der Waals surface area contributed by atoms with Crippen molar-refractivity contribution < 1.29 is 0 Å². The lowest BCUT2D eigenvalue weighted by atomic mass is 10.2. The fourth-order valence-electron chi connectivity index (χ4n) is 2.25. The molecule has 0 fully saturated rings. The molecule has 0 saturated heterocycles. The van der Waals surface area contributed by atoms with Gasteiger partial charge in [0.05, 0.1) is 0 Å². The van der Waals surface area contributed by atoms with Crippen molar-refractivity contribution in [1.29, 1.82) is 0 Å². The van der Waals surface area contributed by atoms with E-state index in [0.29, 0.717) is 0 Å². The summed E-state index contributed by atoms with van der Waals surface area (Å²) in [6.07, 6.45) is 3.87. The predicted molar refractivity (Wildman–Crippen MR) is 90.3 cm³/mol. The molecule has 0 atom stereocenters. The van der Waals surface area contributed by atoms with Crippen LogP contribution in [-0.4, -0.2) is 16.1 Å². The van der Waals surface area contributed by atoms with Gasteiger partial charge < -0.3 is 9.88 Å². The zero-order chi connectivity index (χ0) is 14.5. The highest BCUT2D eigenvalue weighted by Crippen LogP contribution is 2.21. The van der Waals surface area contributed by atoms with Crippen molar-refractivity contribution in [3.63, 3.8) is 0 Å². The van der Waals surface area contributed by atoms with Crippen molar-refractivity contribution in [2.75, 3.05) is 11.9 Å². The van der Waals surface area contributed by atoms with Gasteiger partial charge in [0, 0.05) is 41.2 Å². The van der Waals surface area contributed by atoms with E-state index >= 15 is 0 Å². The van der Waals surface area contributed by atoms with E-state index in [1.807, 2.05) is 48.8 Å². The lowest BCUT2D eigenvalue weighted by molar-refractivity contribution is 0.735. The molecule has 1 aromatic heterocycles. The van der Waals surface area contributed by atoms with E-state index in [2.05, 4.69) is 49.0 Å². The SMILES string of the molecule is Brc1ccccc1NCCn1ccnc1-c1ccccc1. The second kappa shape index (κ2) is 6.59. The minimum Gasteiger partial charge on any atom is -0.382 e. The van der Waals surface area contributed by atoms with E-state index in [4.69, 9.17) is 0 Å². The van der Waals surface area contributed by atoms with Crippen LogP contribution in [0.1, 0.15) is 0 Å². The molecule has 1 heterocycles. The molecule has 3 nitrogen and oxygen atoms in total. The molecule has 21 heavy (non-hydrogen) atoms. The van der Waals surface area contributed by atoms with E-state index in [9.17, 15) is 0 Å². The number of hydrogen-bond acceptors (Lipinski definition) is 2. The maximum Gasteiger partial charge on any atom is 0.139 e. The molecular weight excluding hydrogens is 326 g/mol. The van der Waals surface area contributed by atoms with Crippen LogP contribution in [0.2, 0.25) is 0 Å².